The second kappa shape index (κ2) is 6.00. The van der Waals surface area contributed by atoms with E-state index in [0.29, 0.717) is 22.5 Å². The number of H-pyrrole nitrogens is 1. The highest BCUT2D eigenvalue weighted by Crippen LogP contribution is 2.25. The topological polar surface area (TPSA) is 76.1 Å². The van der Waals surface area contributed by atoms with Crippen LogP contribution >= 0.6 is 0 Å². The number of methoxy groups -OCH3 is 1. The summed E-state index contributed by atoms with van der Waals surface area (Å²) in [5.74, 6) is 0.288. The number of carbonyl (C=O) groups excluding carboxylic acids is 1. The van der Waals surface area contributed by atoms with Gasteiger partial charge in [0.05, 0.1) is 23.8 Å². The highest BCUT2D eigenvalue weighted by molar-refractivity contribution is 5.93. The molecule has 0 fully saturated rings. The van der Waals surface area contributed by atoms with Crippen molar-refractivity contribution in [2.24, 2.45) is 0 Å². The summed E-state index contributed by atoms with van der Waals surface area (Å²) >= 11 is 0. The Hall–Kier alpha value is -3.02. The van der Waals surface area contributed by atoms with Crippen LogP contribution in [0.25, 0.3) is 11.0 Å². The Labute approximate surface area is 132 Å². The molecule has 6 nitrogen and oxygen atoms in total. The van der Waals surface area contributed by atoms with Crippen molar-refractivity contribution in [2.75, 3.05) is 12.4 Å². The lowest BCUT2D eigenvalue weighted by molar-refractivity contribution is -0.116. The number of ether oxygens (including phenoxy) is 1. The first kappa shape index (κ1) is 14.9. The number of benzene rings is 2. The van der Waals surface area contributed by atoms with Crippen LogP contribution in [-0.4, -0.2) is 22.6 Å². The van der Waals surface area contributed by atoms with E-state index in [-0.39, 0.29) is 18.1 Å². The molecular weight excluding hydrogens is 294 g/mol. The Morgan fingerprint density at radius 3 is 2.83 bits per heavy atom. The number of anilines is 1. The molecule has 0 aliphatic carbocycles. The summed E-state index contributed by atoms with van der Waals surface area (Å²) in [7, 11) is 1.55. The van der Waals surface area contributed by atoms with Gasteiger partial charge in [0.25, 0.3) is 0 Å². The predicted molar refractivity (Wildman–Crippen MR) is 88.9 cm³/mol. The van der Waals surface area contributed by atoms with Crippen LogP contribution in [0.5, 0.6) is 5.75 Å². The van der Waals surface area contributed by atoms with Crippen LogP contribution in [-0.2, 0) is 11.3 Å². The maximum absolute atomic E-state index is 12.3. The largest absolute Gasteiger partial charge is 0.495 e. The van der Waals surface area contributed by atoms with Gasteiger partial charge < -0.3 is 15.0 Å². The van der Waals surface area contributed by atoms with Crippen molar-refractivity contribution in [1.29, 1.82) is 0 Å². The monoisotopic (exact) mass is 311 g/mol. The molecule has 1 amide bonds. The molecular formula is C17H17N3O3. The third-order valence-corrected chi connectivity index (χ3v) is 3.61. The van der Waals surface area contributed by atoms with Gasteiger partial charge in [-0.05, 0) is 36.8 Å². The van der Waals surface area contributed by atoms with Crippen LogP contribution in [0.15, 0.2) is 47.3 Å². The van der Waals surface area contributed by atoms with E-state index in [1.165, 1.54) is 4.57 Å². The van der Waals surface area contributed by atoms with Crippen molar-refractivity contribution >= 4 is 22.6 Å². The van der Waals surface area contributed by atoms with Crippen LogP contribution in [0.3, 0.4) is 0 Å². The third-order valence-electron chi connectivity index (χ3n) is 3.61. The van der Waals surface area contributed by atoms with E-state index in [2.05, 4.69) is 10.3 Å². The standard InChI is InChI=1S/C17H17N3O3/c1-11-7-8-15(23-2)13(9-11)18-16(21)10-20-14-6-4-3-5-12(14)19-17(20)22/h3-9H,10H2,1-2H3,(H,18,21)(H,19,22). The van der Waals surface area contributed by atoms with Crippen LogP contribution < -0.4 is 15.7 Å². The van der Waals surface area contributed by atoms with Gasteiger partial charge >= 0.3 is 5.69 Å². The van der Waals surface area contributed by atoms with Crippen molar-refractivity contribution < 1.29 is 9.53 Å². The van der Waals surface area contributed by atoms with Crippen molar-refractivity contribution in [3.05, 3.63) is 58.5 Å². The first-order chi connectivity index (χ1) is 11.1. The van der Waals surface area contributed by atoms with Crippen molar-refractivity contribution in [3.63, 3.8) is 0 Å². The molecule has 0 bridgehead atoms. The second-order valence-electron chi connectivity index (χ2n) is 5.29. The third kappa shape index (κ3) is 2.96. The van der Waals surface area contributed by atoms with Gasteiger partial charge in [-0.3, -0.25) is 9.36 Å². The number of amides is 1. The van der Waals surface area contributed by atoms with E-state index >= 15 is 0 Å². The Morgan fingerprint density at radius 1 is 1.26 bits per heavy atom. The molecule has 0 aliphatic rings. The van der Waals surface area contributed by atoms with Gasteiger partial charge in [-0.2, -0.15) is 0 Å². The van der Waals surface area contributed by atoms with E-state index in [4.69, 9.17) is 4.74 Å². The molecule has 0 atom stereocenters. The summed E-state index contributed by atoms with van der Waals surface area (Å²) in [6.45, 7) is 1.86. The summed E-state index contributed by atoms with van der Waals surface area (Å²) in [6, 6.07) is 12.8. The molecule has 3 aromatic rings. The molecule has 0 spiro atoms. The molecule has 0 unspecified atom stereocenters. The number of nitrogens with zero attached hydrogens (tertiary/aromatic N) is 1. The Kier molecular flexibility index (Phi) is 3.89. The number of aromatic nitrogens is 2. The van der Waals surface area contributed by atoms with Gasteiger partial charge in [0.2, 0.25) is 5.91 Å². The summed E-state index contributed by atoms with van der Waals surface area (Å²) < 4.78 is 6.65. The Morgan fingerprint density at radius 2 is 2.04 bits per heavy atom. The molecule has 3 rings (SSSR count). The molecule has 6 heteroatoms. The van der Waals surface area contributed by atoms with Gasteiger partial charge in [0, 0.05) is 0 Å². The van der Waals surface area contributed by atoms with Crippen LogP contribution in [0.4, 0.5) is 5.69 Å². The predicted octanol–water partition coefficient (Wildman–Crippen LogP) is 2.29. The van der Waals surface area contributed by atoms with Crippen molar-refractivity contribution in [3.8, 4) is 5.75 Å². The Balaban J connectivity index is 1.86. The summed E-state index contributed by atoms with van der Waals surface area (Å²) in [5.41, 5.74) is 2.69. The molecule has 0 saturated heterocycles. The molecule has 118 valence electrons. The number of aryl methyl sites for hydroxylation is 1. The van der Waals surface area contributed by atoms with E-state index in [9.17, 15) is 9.59 Å². The maximum atomic E-state index is 12.3. The van der Waals surface area contributed by atoms with Crippen molar-refractivity contribution in [1.82, 2.24) is 9.55 Å². The number of hydrogen-bond acceptors (Lipinski definition) is 3. The quantitative estimate of drug-likeness (QED) is 0.776. The van der Waals surface area contributed by atoms with Crippen molar-refractivity contribution in [2.45, 2.75) is 13.5 Å². The lowest BCUT2D eigenvalue weighted by Gasteiger charge is -2.11. The normalized spacial score (nSPS) is 10.7. The smallest absolute Gasteiger partial charge is 0.326 e. The van der Waals surface area contributed by atoms with Gasteiger partial charge in [-0.25, -0.2) is 4.79 Å². The fourth-order valence-electron chi connectivity index (χ4n) is 2.52. The van der Waals surface area contributed by atoms with Crippen LogP contribution in [0, 0.1) is 6.92 Å². The molecule has 23 heavy (non-hydrogen) atoms. The Bertz CT molecular complexity index is 924. The lowest BCUT2D eigenvalue weighted by atomic mass is 10.2. The molecule has 1 aromatic heterocycles. The lowest BCUT2D eigenvalue weighted by Crippen LogP contribution is -2.26. The van der Waals surface area contributed by atoms with Gasteiger partial charge in [0.15, 0.2) is 0 Å². The minimum Gasteiger partial charge on any atom is -0.495 e. The highest BCUT2D eigenvalue weighted by Gasteiger charge is 2.12. The second-order valence-corrected chi connectivity index (χ2v) is 5.29. The van der Waals surface area contributed by atoms with Gasteiger partial charge in [-0.1, -0.05) is 18.2 Å². The number of fused-ring (bicyclic) bond motifs is 1. The SMILES string of the molecule is COc1ccc(C)cc1NC(=O)Cn1c(=O)[nH]c2ccccc21. The fourth-order valence-corrected chi connectivity index (χ4v) is 2.52. The molecule has 0 saturated carbocycles. The van der Waals surface area contributed by atoms with Crippen LogP contribution in [0.2, 0.25) is 0 Å². The molecule has 2 N–H and O–H groups in total. The molecule has 2 aromatic carbocycles. The van der Waals surface area contributed by atoms with Crippen LogP contribution in [0.1, 0.15) is 5.56 Å². The van der Waals surface area contributed by atoms with E-state index in [1.54, 1.807) is 25.3 Å². The van der Waals surface area contributed by atoms with E-state index < -0.39 is 0 Å². The first-order valence-corrected chi connectivity index (χ1v) is 7.20. The summed E-state index contributed by atoms with van der Waals surface area (Å²) in [4.78, 5) is 27.1. The maximum Gasteiger partial charge on any atom is 0.326 e. The fraction of sp³-hybridized carbons (Fsp3) is 0.176. The van der Waals surface area contributed by atoms with Gasteiger partial charge in [-0.15, -0.1) is 0 Å². The zero-order chi connectivity index (χ0) is 16.4. The summed E-state index contributed by atoms with van der Waals surface area (Å²) in [5, 5.41) is 2.79. The molecule has 0 radical (unpaired) electrons. The number of carbonyl (C=O) groups is 1. The zero-order valence-electron chi connectivity index (χ0n) is 12.9. The molecule has 0 aliphatic heterocycles. The number of para-hydroxylation sites is 2. The summed E-state index contributed by atoms with van der Waals surface area (Å²) in [6.07, 6.45) is 0. The average molecular weight is 311 g/mol. The first-order valence-electron chi connectivity index (χ1n) is 7.20. The average Bonchev–Trinajstić information content (AvgIpc) is 2.83. The minimum atomic E-state index is -0.308. The van der Waals surface area contributed by atoms with Gasteiger partial charge in [0.1, 0.15) is 12.3 Å². The number of aromatic amines is 1. The number of nitrogens with one attached hydrogen (secondary N) is 2. The number of rotatable bonds is 4. The minimum absolute atomic E-state index is 0.0695. The van der Waals surface area contributed by atoms with E-state index in [0.717, 1.165) is 5.56 Å². The zero-order valence-corrected chi connectivity index (χ0v) is 12.9. The number of imidazole rings is 1. The highest BCUT2D eigenvalue weighted by atomic mass is 16.5. The van der Waals surface area contributed by atoms with E-state index in [1.807, 2.05) is 31.2 Å². The molecule has 1 heterocycles. The number of hydrogen-bond donors (Lipinski definition) is 2.